The number of benzene rings is 2. The molecule has 0 aliphatic heterocycles. The second-order valence-corrected chi connectivity index (χ2v) is 6.37. The second kappa shape index (κ2) is 8.39. The molecular weight excluding hydrogens is 327 g/mol. The lowest BCUT2D eigenvalue weighted by molar-refractivity contribution is -0.122. The summed E-state index contributed by atoms with van der Waals surface area (Å²) in [6.45, 7) is 2.49. The summed E-state index contributed by atoms with van der Waals surface area (Å²) in [6.07, 6.45) is 3.97. The van der Waals surface area contributed by atoms with E-state index < -0.39 is 5.92 Å². The molecule has 1 atom stereocenters. The Bertz CT molecular complexity index is 846. The molecule has 132 valence electrons. The molecule has 1 N–H and O–H groups in total. The van der Waals surface area contributed by atoms with E-state index in [-0.39, 0.29) is 11.7 Å². The number of carbonyl (C=O) groups is 1. The van der Waals surface area contributed by atoms with Crippen molar-refractivity contribution in [3.63, 3.8) is 0 Å². The Labute approximate surface area is 152 Å². The van der Waals surface area contributed by atoms with Crippen LogP contribution in [0.5, 0.6) is 0 Å². The van der Waals surface area contributed by atoms with E-state index >= 15 is 0 Å². The molecule has 0 spiro atoms. The summed E-state index contributed by atoms with van der Waals surface area (Å²) >= 11 is 0. The number of aromatic nitrogens is 1. The summed E-state index contributed by atoms with van der Waals surface area (Å²) in [5.41, 5.74) is 3.98. The fourth-order valence-corrected chi connectivity index (χ4v) is 2.83. The van der Waals surface area contributed by atoms with Crippen LogP contribution in [0, 0.1) is 12.7 Å². The van der Waals surface area contributed by atoms with Crippen LogP contribution in [-0.2, 0) is 17.8 Å². The Hall–Kier alpha value is -3.01. The zero-order chi connectivity index (χ0) is 18.4. The lowest BCUT2D eigenvalue weighted by atomic mass is 9.91. The van der Waals surface area contributed by atoms with Crippen LogP contribution in [0.3, 0.4) is 0 Å². The average Bonchev–Trinajstić information content (AvgIpc) is 2.67. The highest BCUT2D eigenvalue weighted by Crippen LogP contribution is 2.22. The molecule has 0 aliphatic carbocycles. The highest BCUT2D eigenvalue weighted by atomic mass is 19.1. The van der Waals surface area contributed by atoms with E-state index in [0.717, 1.165) is 16.7 Å². The van der Waals surface area contributed by atoms with Crippen LogP contribution in [0.1, 0.15) is 28.2 Å². The van der Waals surface area contributed by atoms with Crippen LogP contribution >= 0.6 is 0 Å². The highest BCUT2D eigenvalue weighted by molar-refractivity contribution is 5.84. The maximum Gasteiger partial charge on any atom is 0.228 e. The van der Waals surface area contributed by atoms with E-state index in [1.807, 2.05) is 43.3 Å². The van der Waals surface area contributed by atoms with Gasteiger partial charge in [0.1, 0.15) is 5.82 Å². The van der Waals surface area contributed by atoms with Crippen molar-refractivity contribution in [3.8, 4) is 0 Å². The van der Waals surface area contributed by atoms with Gasteiger partial charge in [0.25, 0.3) is 0 Å². The van der Waals surface area contributed by atoms with Crippen LogP contribution in [0.25, 0.3) is 0 Å². The lowest BCUT2D eigenvalue weighted by Gasteiger charge is -2.17. The van der Waals surface area contributed by atoms with E-state index in [9.17, 15) is 9.18 Å². The molecule has 0 saturated heterocycles. The Morgan fingerprint density at radius 2 is 1.77 bits per heavy atom. The van der Waals surface area contributed by atoms with Crippen LogP contribution in [-0.4, -0.2) is 10.9 Å². The van der Waals surface area contributed by atoms with Gasteiger partial charge in [0.05, 0.1) is 5.92 Å². The molecule has 1 aromatic heterocycles. The van der Waals surface area contributed by atoms with E-state index in [2.05, 4.69) is 10.3 Å². The van der Waals surface area contributed by atoms with Gasteiger partial charge >= 0.3 is 0 Å². The van der Waals surface area contributed by atoms with Gasteiger partial charge in [-0.05, 0) is 48.2 Å². The third-order valence-corrected chi connectivity index (χ3v) is 4.34. The molecule has 26 heavy (non-hydrogen) atoms. The molecule has 3 nitrogen and oxygen atoms in total. The first-order valence-electron chi connectivity index (χ1n) is 8.59. The molecular formula is C22H21FN2O. The minimum absolute atomic E-state index is 0.0824. The van der Waals surface area contributed by atoms with E-state index in [1.54, 1.807) is 24.5 Å². The summed E-state index contributed by atoms with van der Waals surface area (Å²) in [5, 5.41) is 3.00. The number of aryl methyl sites for hydroxylation is 1. The summed E-state index contributed by atoms with van der Waals surface area (Å²) in [4.78, 5) is 17.0. The third-order valence-electron chi connectivity index (χ3n) is 4.34. The van der Waals surface area contributed by atoms with Crippen molar-refractivity contribution in [1.82, 2.24) is 10.3 Å². The van der Waals surface area contributed by atoms with Crippen LogP contribution in [0.4, 0.5) is 4.39 Å². The van der Waals surface area contributed by atoms with Crippen LogP contribution < -0.4 is 5.32 Å². The van der Waals surface area contributed by atoms with Crippen molar-refractivity contribution >= 4 is 5.91 Å². The number of hydrogen-bond acceptors (Lipinski definition) is 2. The van der Waals surface area contributed by atoms with Gasteiger partial charge in [-0.15, -0.1) is 0 Å². The van der Waals surface area contributed by atoms with Gasteiger partial charge < -0.3 is 5.32 Å². The smallest absolute Gasteiger partial charge is 0.228 e. The number of halogens is 1. The fraction of sp³-hybridized carbons (Fsp3) is 0.182. The summed E-state index contributed by atoms with van der Waals surface area (Å²) in [6, 6.07) is 18.0. The fourth-order valence-electron chi connectivity index (χ4n) is 2.83. The van der Waals surface area contributed by atoms with Crippen molar-refractivity contribution in [2.24, 2.45) is 0 Å². The standard InChI is InChI=1S/C22H21FN2O/c1-16-4-6-17(7-5-16)15-25-22(26)21(13-18-3-2-12-24-14-18)19-8-10-20(23)11-9-19/h2-12,14,21H,13,15H2,1H3,(H,25,26). The topological polar surface area (TPSA) is 42.0 Å². The number of carbonyl (C=O) groups excluding carboxylic acids is 1. The van der Waals surface area contributed by atoms with Gasteiger partial charge in [-0.1, -0.05) is 48.0 Å². The minimum Gasteiger partial charge on any atom is -0.351 e. The molecule has 0 bridgehead atoms. The molecule has 3 rings (SSSR count). The van der Waals surface area contributed by atoms with Crippen molar-refractivity contribution < 1.29 is 9.18 Å². The van der Waals surface area contributed by atoms with Crippen LogP contribution in [0.2, 0.25) is 0 Å². The number of rotatable bonds is 6. The summed E-state index contributed by atoms with van der Waals surface area (Å²) in [7, 11) is 0. The quantitative estimate of drug-likeness (QED) is 0.726. The van der Waals surface area contributed by atoms with E-state index in [0.29, 0.717) is 13.0 Å². The Kier molecular flexibility index (Phi) is 5.74. The molecule has 0 aliphatic rings. The summed E-state index contributed by atoms with van der Waals surface area (Å²) < 4.78 is 13.3. The average molecular weight is 348 g/mol. The Morgan fingerprint density at radius 3 is 2.42 bits per heavy atom. The predicted molar refractivity (Wildman–Crippen MR) is 100 cm³/mol. The molecule has 2 aromatic carbocycles. The molecule has 1 unspecified atom stereocenters. The molecule has 0 fully saturated rings. The van der Waals surface area contributed by atoms with Gasteiger partial charge in [-0.2, -0.15) is 0 Å². The van der Waals surface area contributed by atoms with Gasteiger partial charge in [-0.3, -0.25) is 9.78 Å². The SMILES string of the molecule is Cc1ccc(CNC(=O)C(Cc2cccnc2)c2ccc(F)cc2)cc1. The predicted octanol–water partition coefficient (Wildman–Crippen LogP) is 4.17. The molecule has 1 amide bonds. The minimum atomic E-state index is -0.398. The zero-order valence-electron chi connectivity index (χ0n) is 14.7. The lowest BCUT2D eigenvalue weighted by Crippen LogP contribution is -2.30. The van der Waals surface area contributed by atoms with Gasteiger partial charge in [0.2, 0.25) is 5.91 Å². The summed E-state index contributed by atoms with van der Waals surface area (Å²) in [5.74, 6) is -0.791. The van der Waals surface area contributed by atoms with Gasteiger partial charge in [0, 0.05) is 18.9 Å². The highest BCUT2D eigenvalue weighted by Gasteiger charge is 2.21. The van der Waals surface area contributed by atoms with E-state index in [1.165, 1.54) is 17.7 Å². The maximum absolute atomic E-state index is 13.3. The zero-order valence-corrected chi connectivity index (χ0v) is 14.7. The number of nitrogens with one attached hydrogen (secondary N) is 1. The Balaban J connectivity index is 1.76. The van der Waals surface area contributed by atoms with Crippen molar-refractivity contribution in [2.75, 3.05) is 0 Å². The van der Waals surface area contributed by atoms with Crippen molar-refractivity contribution in [2.45, 2.75) is 25.8 Å². The first-order chi connectivity index (χ1) is 12.6. The first kappa shape index (κ1) is 17.8. The number of amides is 1. The number of nitrogens with zero attached hydrogens (tertiary/aromatic N) is 1. The number of hydrogen-bond donors (Lipinski definition) is 1. The third kappa shape index (κ3) is 4.76. The molecule has 1 heterocycles. The van der Waals surface area contributed by atoms with E-state index in [4.69, 9.17) is 0 Å². The van der Waals surface area contributed by atoms with Gasteiger partial charge in [-0.25, -0.2) is 4.39 Å². The first-order valence-corrected chi connectivity index (χ1v) is 8.59. The van der Waals surface area contributed by atoms with Crippen LogP contribution in [0.15, 0.2) is 73.1 Å². The monoisotopic (exact) mass is 348 g/mol. The van der Waals surface area contributed by atoms with Crippen molar-refractivity contribution in [1.29, 1.82) is 0 Å². The molecule has 3 aromatic rings. The second-order valence-electron chi connectivity index (χ2n) is 6.37. The molecule has 4 heteroatoms. The molecule has 0 radical (unpaired) electrons. The largest absolute Gasteiger partial charge is 0.351 e. The number of pyridine rings is 1. The Morgan fingerprint density at radius 1 is 1.04 bits per heavy atom. The maximum atomic E-state index is 13.3. The normalized spacial score (nSPS) is 11.8. The van der Waals surface area contributed by atoms with Crippen molar-refractivity contribution in [3.05, 3.63) is 101 Å². The molecule has 0 saturated carbocycles. The van der Waals surface area contributed by atoms with Gasteiger partial charge in [0.15, 0.2) is 0 Å².